The van der Waals surface area contributed by atoms with Gasteiger partial charge < -0.3 is 15.4 Å². The van der Waals surface area contributed by atoms with Crippen LogP contribution in [0.5, 0.6) is 11.5 Å². The molecule has 3 aromatic carbocycles. The first kappa shape index (κ1) is 18.1. The highest BCUT2D eigenvalue weighted by Crippen LogP contribution is 2.25. The second kappa shape index (κ2) is 8.61. The Morgan fingerprint density at radius 1 is 0.808 bits per heavy atom. The van der Waals surface area contributed by atoms with Crippen LogP contribution in [0.1, 0.15) is 0 Å². The minimum absolute atomic E-state index is 0.111. The molecule has 0 saturated carbocycles. The molecule has 0 aliphatic heterocycles. The number of carbonyl (C=O) groups is 1. The van der Waals surface area contributed by atoms with Gasteiger partial charge in [0.05, 0.1) is 16.6 Å². The van der Waals surface area contributed by atoms with Gasteiger partial charge >= 0.3 is 0 Å². The molecule has 0 aliphatic carbocycles. The Morgan fingerprint density at radius 3 is 2.15 bits per heavy atom. The number of carbonyl (C=O) groups excluding carboxylic acids is 1. The van der Waals surface area contributed by atoms with E-state index < -0.39 is 0 Å². The fraction of sp³-hybridized carbons (Fsp3) is 0.0500. The first-order valence-electron chi connectivity index (χ1n) is 7.92. The molecule has 1 amide bonds. The molecule has 0 aliphatic rings. The molecular formula is C20H16Cl2N2O2. The van der Waals surface area contributed by atoms with Crippen molar-refractivity contribution in [3.63, 3.8) is 0 Å². The zero-order chi connectivity index (χ0) is 18.4. The number of para-hydroxylation sites is 1. The van der Waals surface area contributed by atoms with Crippen LogP contribution < -0.4 is 15.4 Å². The molecule has 3 rings (SSSR count). The Morgan fingerprint density at radius 2 is 1.46 bits per heavy atom. The number of amides is 1. The summed E-state index contributed by atoms with van der Waals surface area (Å²) in [5.41, 5.74) is 1.41. The van der Waals surface area contributed by atoms with Crippen molar-refractivity contribution in [3.05, 3.63) is 82.8 Å². The van der Waals surface area contributed by atoms with E-state index in [9.17, 15) is 4.79 Å². The molecule has 0 radical (unpaired) electrons. The van der Waals surface area contributed by atoms with Gasteiger partial charge in [-0.1, -0.05) is 41.4 Å². The lowest BCUT2D eigenvalue weighted by Crippen LogP contribution is -2.21. The van der Waals surface area contributed by atoms with Crippen LogP contribution in [0.3, 0.4) is 0 Å². The van der Waals surface area contributed by atoms with Crippen molar-refractivity contribution in [3.8, 4) is 11.5 Å². The van der Waals surface area contributed by atoms with Gasteiger partial charge in [0.1, 0.15) is 11.5 Å². The van der Waals surface area contributed by atoms with Gasteiger partial charge in [0.25, 0.3) is 0 Å². The smallest absolute Gasteiger partial charge is 0.243 e. The van der Waals surface area contributed by atoms with Crippen LogP contribution in [0, 0.1) is 0 Å². The molecule has 0 bridgehead atoms. The highest BCUT2D eigenvalue weighted by atomic mass is 35.5. The number of halogens is 2. The van der Waals surface area contributed by atoms with Crippen LogP contribution >= 0.6 is 23.2 Å². The third-order valence-corrected chi connectivity index (χ3v) is 4.23. The zero-order valence-corrected chi connectivity index (χ0v) is 15.2. The monoisotopic (exact) mass is 386 g/mol. The Bertz CT molecular complexity index is 884. The van der Waals surface area contributed by atoms with Gasteiger partial charge in [-0.2, -0.15) is 0 Å². The maximum Gasteiger partial charge on any atom is 0.243 e. The largest absolute Gasteiger partial charge is 0.457 e. The van der Waals surface area contributed by atoms with E-state index in [1.165, 1.54) is 0 Å². The Kier molecular flexibility index (Phi) is 6.00. The van der Waals surface area contributed by atoms with E-state index >= 15 is 0 Å². The molecule has 0 unspecified atom stereocenters. The van der Waals surface area contributed by atoms with Gasteiger partial charge in [-0.25, -0.2) is 0 Å². The van der Waals surface area contributed by atoms with E-state index in [0.717, 1.165) is 11.4 Å². The van der Waals surface area contributed by atoms with Crippen molar-refractivity contribution < 1.29 is 9.53 Å². The summed E-state index contributed by atoms with van der Waals surface area (Å²) >= 11 is 11.8. The Balaban J connectivity index is 1.51. The molecule has 2 N–H and O–H groups in total. The van der Waals surface area contributed by atoms with Crippen LogP contribution in [-0.4, -0.2) is 12.5 Å². The van der Waals surface area contributed by atoms with Gasteiger partial charge in [0.2, 0.25) is 5.91 Å². The van der Waals surface area contributed by atoms with E-state index in [-0.39, 0.29) is 12.5 Å². The second-order valence-corrected chi connectivity index (χ2v) is 6.28. The quantitative estimate of drug-likeness (QED) is 0.559. The van der Waals surface area contributed by atoms with E-state index in [2.05, 4.69) is 10.6 Å². The number of ether oxygens (including phenoxy) is 1. The van der Waals surface area contributed by atoms with Gasteiger partial charge in [-0.05, 0) is 54.6 Å². The van der Waals surface area contributed by atoms with Crippen molar-refractivity contribution in [2.75, 3.05) is 17.2 Å². The van der Waals surface area contributed by atoms with E-state index in [0.29, 0.717) is 21.5 Å². The molecule has 0 fully saturated rings. The van der Waals surface area contributed by atoms with Crippen molar-refractivity contribution in [1.29, 1.82) is 0 Å². The highest BCUT2D eigenvalue weighted by Gasteiger charge is 2.05. The fourth-order valence-electron chi connectivity index (χ4n) is 2.22. The molecule has 3 aromatic rings. The van der Waals surface area contributed by atoms with Gasteiger partial charge in [0.15, 0.2) is 0 Å². The minimum atomic E-state index is -0.173. The van der Waals surface area contributed by atoms with Crippen LogP contribution in [0.4, 0.5) is 11.4 Å². The molecule has 0 saturated heterocycles. The average molecular weight is 387 g/mol. The third-order valence-electron chi connectivity index (χ3n) is 3.49. The topological polar surface area (TPSA) is 50.4 Å². The first-order valence-corrected chi connectivity index (χ1v) is 8.67. The van der Waals surface area contributed by atoms with E-state index in [4.69, 9.17) is 27.9 Å². The normalized spacial score (nSPS) is 10.2. The van der Waals surface area contributed by atoms with Crippen molar-refractivity contribution >= 4 is 40.5 Å². The van der Waals surface area contributed by atoms with Crippen LogP contribution in [-0.2, 0) is 4.79 Å². The molecule has 4 nitrogen and oxygen atoms in total. The van der Waals surface area contributed by atoms with Crippen molar-refractivity contribution in [2.45, 2.75) is 0 Å². The number of hydrogen-bond acceptors (Lipinski definition) is 3. The summed E-state index contributed by atoms with van der Waals surface area (Å²) in [5, 5.41) is 6.72. The molecule has 0 spiro atoms. The summed E-state index contributed by atoms with van der Waals surface area (Å²) in [5.74, 6) is 1.28. The van der Waals surface area contributed by atoms with Gasteiger partial charge in [-0.15, -0.1) is 0 Å². The molecule has 6 heteroatoms. The standard InChI is InChI=1S/C20H16Cl2N2O2/c21-18-11-8-15(12-19(18)22)23-13-20(25)24-14-6-9-17(10-7-14)26-16-4-2-1-3-5-16/h1-12,23H,13H2,(H,24,25). The summed E-state index contributed by atoms with van der Waals surface area (Å²) in [4.78, 5) is 12.0. The zero-order valence-electron chi connectivity index (χ0n) is 13.7. The fourth-order valence-corrected chi connectivity index (χ4v) is 2.52. The van der Waals surface area contributed by atoms with Gasteiger partial charge in [0, 0.05) is 11.4 Å². The molecular weight excluding hydrogens is 371 g/mol. The van der Waals surface area contributed by atoms with E-state index in [1.807, 2.05) is 30.3 Å². The summed E-state index contributed by atoms with van der Waals surface area (Å²) in [6, 6.07) is 21.8. The SMILES string of the molecule is O=C(CNc1ccc(Cl)c(Cl)c1)Nc1ccc(Oc2ccccc2)cc1. The average Bonchev–Trinajstić information content (AvgIpc) is 2.65. The van der Waals surface area contributed by atoms with Crippen LogP contribution in [0.25, 0.3) is 0 Å². The number of benzene rings is 3. The second-order valence-electron chi connectivity index (χ2n) is 5.47. The summed E-state index contributed by atoms with van der Waals surface area (Å²) < 4.78 is 5.72. The maximum absolute atomic E-state index is 12.0. The molecule has 26 heavy (non-hydrogen) atoms. The lowest BCUT2D eigenvalue weighted by Gasteiger charge is -2.10. The minimum Gasteiger partial charge on any atom is -0.457 e. The number of anilines is 2. The summed E-state index contributed by atoms with van der Waals surface area (Å²) in [7, 11) is 0. The number of hydrogen-bond donors (Lipinski definition) is 2. The Hall–Kier alpha value is -2.69. The Labute approximate surface area is 161 Å². The lowest BCUT2D eigenvalue weighted by molar-refractivity contribution is -0.114. The first-order chi connectivity index (χ1) is 12.6. The van der Waals surface area contributed by atoms with Crippen LogP contribution in [0.2, 0.25) is 10.0 Å². The predicted octanol–water partition coefficient (Wildman–Crippen LogP) is 5.84. The summed E-state index contributed by atoms with van der Waals surface area (Å²) in [6.45, 7) is 0.111. The highest BCUT2D eigenvalue weighted by molar-refractivity contribution is 6.42. The molecule has 0 atom stereocenters. The van der Waals surface area contributed by atoms with Crippen molar-refractivity contribution in [1.82, 2.24) is 0 Å². The molecule has 0 aromatic heterocycles. The number of rotatable bonds is 6. The van der Waals surface area contributed by atoms with Crippen LogP contribution in [0.15, 0.2) is 72.8 Å². The number of nitrogens with one attached hydrogen (secondary N) is 2. The van der Waals surface area contributed by atoms with Crippen molar-refractivity contribution in [2.24, 2.45) is 0 Å². The van der Waals surface area contributed by atoms with E-state index in [1.54, 1.807) is 42.5 Å². The predicted molar refractivity (Wildman–Crippen MR) is 107 cm³/mol. The maximum atomic E-state index is 12.0. The van der Waals surface area contributed by atoms with Gasteiger partial charge in [-0.3, -0.25) is 4.79 Å². The summed E-state index contributed by atoms with van der Waals surface area (Å²) in [6.07, 6.45) is 0. The molecule has 132 valence electrons. The molecule has 0 heterocycles. The lowest BCUT2D eigenvalue weighted by atomic mass is 10.3. The third kappa shape index (κ3) is 5.15.